The predicted octanol–water partition coefficient (Wildman–Crippen LogP) is 4.92. The van der Waals surface area contributed by atoms with E-state index in [-0.39, 0.29) is 16.9 Å². The fraction of sp³-hybridized carbons (Fsp3) is 0.500. The Morgan fingerprint density at radius 2 is 1.94 bits per heavy atom. The third kappa shape index (κ3) is 3.70. The summed E-state index contributed by atoms with van der Waals surface area (Å²) in [7, 11) is 0. The van der Waals surface area contributed by atoms with E-state index in [2.05, 4.69) is 15.9 Å². The Morgan fingerprint density at radius 1 is 1.31 bits per heavy atom. The largest absolute Gasteiger partial charge is 0.207 e. The molecule has 0 aliphatic carbocycles. The van der Waals surface area contributed by atoms with E-state index in [1.165, 1.54) is 12.1 Å². The second-order valence-electron chi connectivity index (χ2n) is 4.15. The molecule has 1 aromatic rings. The first-order chi connectivity index (χ1) is 7.41. The summed E-state index contributed by atoms with van der Waals surface area (Å²) >= 11 is 8.91. The van der Waals surface area contributed by atoms with Crippen molar-refractivity contribution in [1.29, 1.82) is 0 Å². The quantitative estimate of drug-likeness (QED) is 0.547. The van der Waals surface area contributed by atoms with Crippen LogP contribution in [0.2, 0.25) is 0 Å². The molecule has 0 heterocycles. The van der Waals surface area contributed by atoms with Gasteiger partial charge in [0.25, 0.3) is 0 Å². The molecule has 0 aromatic heterocycles. The lowest BCUT2D eigenvalue weighted by Crippen LogP contribution is -2.08. The van der Waals surface area contributed by atoms with Gasteiger partial charge >= 0.3 is 0 Å². The normalized spacial score (nSPS) is 14.9. The van der Waals surface area contributed by atoms with Gasteiger partial charge in [0.2, 0.25) is 0 Å². The van der Waals surface area contributed by atoms with Crippen molar-refractivity contribution in [2.24, 2.45) is 5.92 Å². The number of halogens is 4. The van der Waals surface area contributed by atoms with Crippen molar-refractivity contribution >= 4 is 27.5 Å². The molecule has 0 aliphatic heterocycles. The van der Waals surface area contributed by atoms with Crippen LogP contribution >= 0.6 is 27.5 Å². The molecule has 0 N–H and O–H groups in total. The fourth-order valence-electron chi connectivity index (χ4n) is 1.74. The van der Waals surface area contributed by atoms with E-state index in [0.29, 0.717) is 10.9 Å². The van der Waals surface area contributed by atoms with E-state index >= 15 is 0 Å². The topological polar surface area (TPSA) is 0 Å². The van der Waals surface area contributed by atoms with Crippen molar-refractivity contribution in [3.8, 4) is 0 Å². The minimum Gasteiger partial charge on any atom is -0.207 e. The zero-order chi connectivity index (χ0) is 12.3. The zero-order valence-electron chi connectivity index (χ0n) is 9.24. The predicted molar refractivity (Wildman–Crippen MR) is 66.9 cm³/mol. The van der Waals surface area contributed by atoms with Gasteiger partial charge in [-0.05, 0) is 53.7 Å². The van der Waals surface area contributed by atoms with Crippen LogP contribution in [0.15, 0.2) is 16.6 Å². The smallest absolute Gasteiger partial charge is 0.143 e. The molecule has 0 radical (unpaired) electrons. The van der Waals surface area contributed by atoms with Crippen LogP contribution in [0.5, 0.6) is 0 Å². The molecule has 0 aliphatic rings. The average molecular weight is 312 g/mol. The summed E-state index contributed by atoms with van der Waals surface area (Å²) in [5.41, 5.74) is 0.138. The van der Waals surface area contributed by atoms with Gasteiger partial charge in [-0.15, -0.1) is 11.6 Å². The first kappa shape index (κ1) is 13.9. The Labute approximate surface area is 108 Å². The van der Waals surface area contributed by atoms with Crippen molar-refractivity contribution in [2.75, 3.05) is 0 Å². The van der Waals surface area contributed by atoms with Gasteiger partial charge in [0.1, 0.15) is 11.6 Å². The highest BCUT2D eigenvalue weighted by molar-refractivity contribution is 9.10. The highest BCUT2D eigenvalue weighted by atomic mass is 79.9. The monoisotopic (exact) mass is 310 g/mol. The molecule has 1 rings (SSSR count). The third-order valence-corrected chi connectivity index (χ3v) is 3.21. The van der Waals surface area contributed by atoms with Crippen LogP contribution in [0.1, 0.15) is 25.8 Å². The van der Waals surface area contributed by atoms with E-state index < -0.39 is 11.6 Å². The molecule has 16 heavy (non-hydrogen) atoms. The molecule has 0 nitrogen and oxygen atoms in total. The number of alkyl halides is 1. The molecule has 0 saturated heterocycles. The van der Waals surface area contributed by atoms with Crippen molar-refractivity contribution in [1.82, 2.24) is 0 Å². The van der Waals surface area contributed by atoms with Crippen LogP contribution in [0.3, 0.4) is 0 Å². The summed E-state index contributed by atoms with van der Waals surface area (Å²) in [6.45, 7) is 3.82. The van der Waals surface area contributed by atoms with Gasteiger partial charge in [0.05, 0.1) is 4.47 Å². The average Bonchev–Trinajstić information content (AvgIpc) is 2.17. The van der Waals surface area contributed by atoms with Crippen LogP contribution < -0.4 is 0 Å². The van der Waals surface area contributed by atoms with Crippen LogP contribution in [0.25, 0.3) is 0 Å². The van der Waals surface area contributed by atoms with Gasteiger partial charge in [-0.1, -0.05) is 6.92 Å². The summed E-state index contributed by atoms with van der Waals surface area (Å²) in [5, 5.41) is 0.0216. The molecule has 0 spiro atoms. The Morgan fingerprint density at radius 3 is 2.50 bits per heavy atom. The number of benzene rings is 1. The molecule has 0 amide bonds. The van der Waals surface area contributed by atoms with Gasteiger partial charge in [-0.25, -0.2) is 8.78 Å². The number of rotatable bonds is 4. The lowest BCUT2D eigenvalue weighted by atomic mass is 9.96. The van der Waals surface area contributed by atoms with Gasteiger partial charge in [-0.3, -0.25) is 0 Å². The summed E-state index contributed by atoms with van der Waals surface area (Å²) < 4.78 is 27.4. The molecule has 1 aromatic carbocycles. The third-order valence-electron chi connectivity index (χ3n) is 2.42. The maximum Gasteiger partial charge on any atom is 0.143 e. The van der Waals surface area contributed by atoms with E-state index in [1.807, 2.05) is 13.8 Å². The van der Waals surface area contributed by atoms with E-state index in [9.17, 15) is 8.78 Å². The molecule has 2 atom stereocenters. The lowest BCUT2D eigenvalue weighted by molar-refractivity contribution is 0.481. The highest BCUT2D eigenvalue weighted by Gasteiger charge is 2.16. The van der Waals surface area contributed by atoms with Crippen LogP contribution in [-0.4, -0.2) is 5.38 Å². The molecule has 4 heteroatoms. The molecule has 0 fully saturated rings. The summed E-state index contributed by atoms with van der Waals surface area (Å²) in [4.78, 5) is 0. The minimum atomic E-state index is -0.505. The van der Waals surface area contributed by atoms with Gasteiger partial charge in [0, 0.05) is 10.9 Å². The Hall–Kier alpha value is -0.150. The second-order valence-corrected chi connectivity index (χ2v) is 5.75. The molecule has 0 bridgehead atoms. The van der Waals surface area contributed by atoms with E-state index in [0.717, 1.165) is 6.42 Å². The molecule has 0 saturated carbocycles. The zero-order valence-corrected chi connectivity index (χ0v) is 11.6. The first-order valence-corrected chi connectivity index (χ1v) is 6.41. The summed E-state index contributed by atoms with van der Waals surface area (Å²) in [6, 6.07) is 2.66. The minimum absolute atomic E-state index is 0.0216. The molecular weight excluding hydrogens is 297 g/mol. The Balaban J connectivity index is 2.84. The number of hydrogen-bond acceptors (Lipinski definition) is 0. The standard InChI is InChI=1S/C12H14BrClF2/c1-7(5-8(2)14)6-9-11(15)4-3-10(13)12(9)16/h3-4,7-8H,5-6H2,1-2H3. The van der Waals surface area contributed by atoms with Crippen LogP contribution in [0, 0.1) is 17.6 Å². The van der Waals surface area contributed by atoms with Crippen LogP contribution in [0.4, 0.5) is 8.78 Å². The molecular formula is C12H14BrClF2. The van der Waals surface area contributed by atoms with E-state index in [4.69, 9.17) is 11.6 Å². The summed E-state index contributed by atoms with van der Waals surface area (Å²) in [5.74, 6) is -0.838. The van der Waals surface area contributed by atoms with E-state index in [1.54, 1.807) is 0 Å². The maximum atomic E-state index is 13.6. The van der Waals surface area contributed by atoms with Crippen LogP contribution in [-0.2, 0) is 6.42 Å². The highest BCUT2D eigenvalue weighted by Crippen LogP contribution is 2.25. The van der Waals surface area contributed by atoms with Crippen molar-refractivity contribution in [3.63, 3.8) is 0 Å². The second kappa shape index (κ2) is 5.97. The SMILES string of the molecule is CC(Cl)CC(C)Cc1c(F)ccc(Br)c1F. The van der Waals surface area contributed by atoms with Gasteiger partial charge in [0.15, 0.2) is 0 Å². The van der Waals surface area contributed by atoms with Crippen molar-refractivity contribution < 1.29 is 8.78 Å². The lowest BCUT2D eigenvalue weighted by Gasteiger charge is -2.14. The van der Waals surface area contributed by atoms with Gasteiger partial charge in [-0.2, -0.15) is 0 Å². The fourth-order valence-corrected chi connectivity index (χ4v) is 2.42. The Bertz CT molecular complexity index is 366. The Kier molecular flexibility index (Phi) is 5.19. The van der Waals surface area contributed by atoms with Crippen molar-refractivity contribution in [3.05, 3.63) is 33.8 Å². The molecule has 90 valence electrons. The number of hydrogen-bond donors (Lipinski definition) is 0. The summed E-state index contributed by atoms with van der Waals surface area (Å²) in [6.07, 6.45) is 1.11. The molecule has 2 unspecified atom stereocenters. The maximum absolute atomic E-state index is 13.6. The van der Waals surface area contributed by atoms with Gasteiger partial charge < -0.3 is 0 Å². The first-order valence-electron chi connectivity index (χ1n) is 5.18. The van der Waals surface area contributed by atoms with Crippen molar-refractivity contribution in [2.45, 2.75) is 32.1 Å².